The molecule has 0 aliphatic heterocycles. The molecule has 132 valence electrons. The molecule has 0 aromatic heterocycles. The first-order valence-electron chi connectivity index (χ1n) is 7.85. The van der Waals surface area contributed by atoms with Crippen LogP contribution in [0.5, 0.6) is 11.5 Å². The third-order valence-electron chi connectivity index (χ3n) is 3.42. The van der Waals surface area contributed by atoms with E-state index in [0.717, 1.165) is 17.4 Å². The van der Waals surface area contributed by atoms with Crippen molar-refractivity contribution in [1.82, 2.24) is 0 Å². The topological polar surface area (TPSA) is 54.0 Å². The highest BCUT2D eigenvalue weighted by molar-refractivity contribution is 5.77. The van der Waals surface area contributed by atoms with Gasteiger partial charge in [0.05, 0.1) is 0 Å². The molecule has 0 saturated heterocycles. The van der Waals surface area contributed by atoms with E-state index in [2.05, 4.69) is 0 Å². The number of hydrogen-bond donors (Lipinski definition) is 0. The summed E-state index contributed by atoms with van der Waals surface area (Å²) in [4.78, 5) is 11.2. The van der Waals surface area contributed by atoms with Gasteiger partial charge in [0.25, 0.3) is 0 Å². The van der Waals surface area contributed by atoms with Gasteiger partial charge in [0, 0.05) is 25.3 Å². The molecule has 0 unspecified atom stereocenters. The average molecular weight is 342 g/mol. The number of ether oxygens (including phenoxy) is 4. The lowest BCUT2D eigenvalue weighted by atomic mass is 10.0. The average Bonchev–Trinajstić information content (AvgIpc) is 2.66. The molecule has 2 aromatic carbocycles. The highest BCUT2D eigenvalue weighted by atomic mass is 16.7. The van der Waals surface area contributed by atoms with Crippen molar-refractivity contribution < 1.29 is 23.7 Å². The van der Waals surface area contributed by atoms with Gasteiger partial charge in [-0.15, -0.1) is 0 Å². The predicted molar refractivity (Wildman–Crippen MR) is 96.0 cm³/mol. The summed E-state index contributed by atoms with van der Waals surface area (Å²) < 4.78 is 21.2. The number of carbonyl (C=O) groups is 1. The number of aldehydes is 1. The third-order valence-corrected chi connectivity index (χ3v) is 3.42. The van der Waals surface area contributed by atoms with Gasteiger partial charge in [-0.1, -0.05) is 42.5 Å². The largest absolute Gasteiger partial charge is 0.467 e. The van der Waals surface area contributed by atoms with Crippen LogP contribution in [-0.4, -0.2) is 34.1 Å². The summed E-state index contributed by atoms with van der Waals surface area (Å²) in [5, 5.41) is 0. The summed E-state index contributed by atoms with van der Waals surface area (Å²) in [7, 11) is 3.09. The van der Waals surface area contributed by atoms with E-state index in [1.165, 1.54) is 0 Å². The van der Waals surface area contributed by atoms with Crippen molar-refractivity contribution in [2.24, 2.45) is 0 Å². The van der Waals surface area contributed by atoms with Crippen molar-refractivity contribution in [2.45, 2.75) is 6.42 Å². The molecule has 2 aromatic rings. The molecule has 0 bridgehead atoms. The molecule has 0 aliphatic rings. The van der Waals surface area contributed by atoms with Crippen LogP contribution in [0.4, 0.5) is 0 Å². The predicted octanol–water partition coefficient (Wildman–Crippen LogP) is 3.72. The van der Waals surface area contributed by atoms with Crippen LogP contribution >= 0.6 is 0 Å². The van der Waals surface area contributed by atoms with Crippen LogP contribution in [0.15, 0.2) is 48.5 Å². The minimum absolute atomic E-state index is 0.0847. The van der Waals surface area contributed by atoms with Gasteiger partial charge in [0.1, 0.15) is 17.8 Å². The van der Waals surface area contributed by atoms with Crippen LogP contribution in [0.3, 0.4) is 0 Å². The molecule has 0 atom stereocenters. The van der Waals surface area contributed by atoms with Gasteiger partial charge in [-0.25, -0.2) is 0 Å². The summed E-state index contributed by atoms with van der Waals surface area (Å²) >= 11 is 0. The van der Waals surface area contributed by atoms with Gasteiger partial charge in [0.15, 0.2) is 13.6 Å². The Morgan fingerprint density at radius 2 is 1.48 bits per heavy atom. The quantitative estimate of drug-likeness (QED) is 0.486. The Balaban J connectivity index is 2.29. The zero-order chi connectivity index (χ0) is 17.9. The smallest absolute Gasteiger partial charge is 0.188 e. The van der Waals surface area contributed by atoms with Gasteiger partial charge in [-0.3, -0.25) is 4.79 Å². The van der Waals surface area contributed by atoms with Crippen LogP contribution in [0, 0.1) is 0 Å². The number of carbonyl (C=O) groups excluding carboxylic acids is 1. The van der Waals surface area contributed by atoms with Gasteiger partial charge in [-0.2, -0.15) is 0 Å². The minimum Gasteiger partial charge on any atom is -0.467 e. The Kier molecular flexibility index (Phi) is 7.69. The van der Waals surface area contributed by atoms with E-state index >= 15 is 0 Å². The fourth-order valence-corrected chi connectivity index (χ4v) is 2.29. The van der Waals surface area contributed by atoms with Gasteiger partial charge >= 0.3 is 0 Å². The lowest BCUT2D eigenvalue weighted by Gasteiger charge is -2.15. The first-order chi connectivity index (χ1) is 12.3. The van der Waals surface area contributed by atoms with E-state index in [9.17, 15) is 4.79 Å². The van der Waals surface area contributed by atoms with Gasteiger partial charge in [0.2, 0.25) is 0 Å². The summed E-state index contributed by atoms with van der Waals surface area (Å²) in [6, 6.07) is 13.3. The molecule has 0 spiro atoms. The molecule has 0 amide bonds. The standard InChI is InChI=1S/C20H22O5/c1-22-14-24-19-11-17(13-21)12-20(25-15-23-2)18(19)10-6-9-16-7-4-3-5-8-16/h3-9,11-13H,10,14-15H2,1-2H3/b9-6-. The summed E-state index contributed by atoms with van der Waals surface area (Å²) in [5.41, 5.74) is 2.39. The lowest BCUT2D eigenvalue weighted by Crippen LogP contribution is -2.07. The Morgan fingerprint density at radius 1 is 0.880 bits per heavy atom. The zero-order valence-corrected chi connectivity index (χ0v) is 14.4. The maximum absolute atomic E-state index is 11.2. The van der Waals surface area contributed by atoms with Crippen molar-refractivity contribution in [1.29, 1.82) is 0 Å². The van der Waals surface area contributed by atoms with Crippen LogP contribution < -0.4 is 9.47 Å². The van der Waals surface area contributed by atoms with Crippen LogP contribution in [0.2, 0.25) is 0 Å². The molecule has 2 rings (SSSR count). The van der Waals surface area contributed by atoms with E-state index in [1.54, 1.807) is 26.4 Å². The number of allylic oxidation sites excluding steroid dienone is 1. The fourth-order valence-electron chi connectivity index (χ4n) is 2.29. The van der Waals surface area contributed by atoms with E-state index in [1.807, 2.05) is 42.5 Å². The molecule has 5 nitrogen and oxygen atoms in total. The Morgan fingerprint density at radius 3 is 2.00 bits per heavy atom. The maximum Gasteiger partial charge on any atom is 0.188 e. The highest BCUT2D eigenvalue weighted by Crippen LogP contribution is 2.31. The van der Waals surface area contributed by atoms with Crippen molar-refractivity contribution >= 4 is 12.4 Å². The Hall–Kier alpha value is -2.63. The number of hydrogen-bond acceptors (Lipinski definition) is 5. The molecule has 0 heterocycles. The number of benzene rings is 2. The van der Waals surface area contributed by atoms with Gasteiger partial charge in [-0.05, 0) is 24.1 Å². The second-order valence-corrected chi connectivity index (χ2v) is 5.23. The number of methoxy groups -OCH3 is 2. The molecular weight excluding hydrogens is 320 g/mol. The maximum atomic E-state index is 11.2. The summed E-state index contributed by atoms with van der Waals surface area (Å²) in [6.45, 7) is 0.169. The molecule has 0 radical (unpaired) electrons. The SMILES string of the molecule is COCOc1cc(C=O)cc(OCOC)c1C/C=C\c1ccccc1. The van der Waals surface area contributed by atoms with Crippen LogP contribution in [0.25, 0.3) is 6.08 Å². The number of rotatable bonds is 10. The summed E-state index contributed by atoms with van der Waals surface area (Å²) in [5.74, 6) is 1.10. The van der Waals surface area contributed by atoms with Crippen LogP contribution in [0.1, 0.15) is 21.5 Å². The second kappa shape index (κ2) is 10.3. The van der Waals surface area contributed by atoms with Crippen molar-refractivity contribution in [3.63, 3.8) is 0 Å². The first-order valence-corrected chi connectivity index (χ1v) is 7.85. The monoisotopic (exact) mass is 342 g/mol. The molecule has 5 heteroatoms. The van der Waals surface area contributed by atoms with Crippen LogP contribution in [-0.2, 0) is 15.9 Å². The zero-order valence-electron chi connectivity index (χ0n) is 14.4. The molecule has 0 N–H and O–H groups in total. The molecule has 0 saturated carbocycles. The fraction of sp³-hybridized carbons (Fsp3) is 0.250. The van der Waals surface area contributed by atoms with E-state index in [-0.39, 0.29) is 13.6 Å². The Bertz CT molecular complexity index is 665. The van der Waals surface area contributed by atoms with Gasteiger partial charge < -0.3 is 18.9 Å². The van der Waals surface area contributed by atoms with E-state index in [4.69, 9.17) is 18.9 Å². The van der Waals surface area contributed by atoms with Crippen molar-refractivity contribution in [2.75, 3.05) is 27.8 Å². The lowest BCUT2D eigenvalue weighted by molar-refractivity contribution is 0.0447. The highest BCUT2D eigenvalue weighted by Gasteiger charge is 2.13. The summed E-state index contributed by atoms with van der Waals surface area (Å²) in [6.07, 6.45) is 5.37. The molecular formula is C20H22O5. The second-order valence-electron chi connectivity index (χ2n) is 5.23. The normalized spacial score (nSPS) is 10.8. The molecule has 0 aliphatic carbocycles. The van der Waals surface area contributed by atoms with Crippen molar-refractivity contribution in [3.8, 4) is 11.5 Å². The Labute approximate surface area is 147 Å². The molecule has 25 heavy (non-hydrogen) atoms. The minimum atomic E-state index is 0.0847. The first kappa shape index (κ1) is 18.7. The van der Waals surface area contributed by atoms with Crippen molar-refractivity contribution in [3.05, 3.63) is 65.2 Å². The van der Waals surface area contributed by atoms with E-state index < -0.39 is 0 Å². The molecule has 0 fully saturated rings. The van der Waals surface area contributed by atoms with E-state index in [0.29, 0.717) is 23.5 Å². The third kappa shape index (κ3) is 5.74.